The van der Waals surface area contributed by atoms with Crippen LogP contribution in [0, 0.1) is 35.5 Å². The minimum absolute atomic E-state index is 0.358. The molecule has 8 unspecified atom stereocenters. The van der Waals surface area contributed by atoms with Gasteiger partial charge in [0.1, 0.15) is 0 Å². The van der Waals surface area contributed by atoms with E-state index in [2.05, 4.69) is 144 Å². The van der Waals surface area contributed by atoms with Crippen LogP contribution in [0.15, 0.2) is 179 Å². The van der Waals surface area contributed by atoms with Crippen LogP contribution in [0.5, 0.6) is 0 Å². The molecule has 0 amide bonds. The SMILES string of the molecule is C1=CCCC(C2=CCC(NC3C=CC=CC3C3C=C(NC4=C(C5C=C6C=CC=CC6C6C=CC7=CCCC=C7C56)CCC=C4)C=CC3)CC2)=C1. The van der Waals surface area contributed by atoms with E-state index in [0.29, 0.717) is 47.6 Å². The largest absolute Gasteiger partial charge is 0.356 e. The van der Waals surface area contributed by atoms with Gasteiger partial charge in [0.2, 0.25) is 0 Å². The summed E-state index contributed by atoms with van der Waals surface area (Å²) in [6.45, 7) is 0. The van der Waals surface area contributed by atoms with Crippen LogP contribution in [0.3, 0.4) is 0 Å². The third-order valence-corrected chi connectivity index (χ3v) is 12.7. The number of fused-ring (bicyclic) bond motifs is 5. The second-order valence-corrected chi connectivity index (χ2v) is 15.6. The fraction of sp³-hybridized carbons (Fsp3) is 0.375. The van der Waals surface area contributed by atoms with Crippen LogP contribution in [0.1, 0.15) is 64.2 Å². The molecule has 2 heteroatoms. The molecule has 0 aromatic rings. The van der Waals surface area contributed by atoms with Gasteiger partial charge in [-0.05, 0) is 122 Å². The van der Waals surface area contributed by atoms with Crippen molar-refractivity contribution in [1.82, 2.24) is 10.6 Å². The lowest BCUT2D eigenvalue weighted by molar-refractivity contribution is 0.308. The van der Waals surface area contributed by atoms with Crippen molar-refractivity contribution >= 4 is 0 Å². The number of hydrogen-bond donors (Lipinski definition) is 2. The molecule has 9 aliphatic rings. The first-order valence-electron chi connectivity index (χ1n) is 19.6. The average molecular weight is 657 g/mol. The number of nitrogens with one attached hydrogen (secondary N) is 2. The summed E-state index contributed by atoms with van der Waals surface area (Å²) in [5.74, 6) is 2.76. The highest BCUT2D eigenvalue weighted by molar-refractivity contribution is 5.54. The quantitative estimate of drug-likeness (QED) is 0.285. The van der Waals surface area contributed by atoms with Crippen molar-refractivity contribution in [3.63, 3.8) is 0 Å². The highest BCUT2D eigenvalue weighted by atomic mass is 15.0. The minimum Gasteiger partial charge on any atom is -0.356 e. The van der Waals surface area contributed by atoms with Gasteiger partial charge in [-0.15, -0.1) is 0 Å². The van der Waals surface area contributed by atoms with E-state index in [-0.39, 0.29) is 0 Å². The third kappa shape index (κ3) is 6.33. The van der Waals surface area contributed by atoms with E-state index in [9.17, 15) is 0 Å². The zero-order valence-electron chi connectivity index (χ0n) is 29.4. The maximum absolute atomic E-state index is 4.10. The van der Waals surface area contributed by atoms with E-state index in [4.69, 9.17) is 0 Å². The molecule has 0 saturated carbocycles. The Hall–Kier alpha value is -4.14. The van der Waals surface area contributed by atoms with Gasteiger partial charge in [-0.2, -0.15) is 0 Å². The summed E-state index contributed by atoms with van der Waals surface area (Å²) in [6.07, 6.45) is 64.4. The summed E-state index contributed by atoms with van der Waals surface area (Å²) in [6, 6.07) is 0.895. The lowest BCUT2D eigenvalue weighted by Gasteiger charge is -2.46. The van der Waals surface area contributed by atoms with Crippen LogP contribution in [-0.4, -0.2) is 12.1 Å². The van der Waals surface area contributed by atoms with Crippen molar-refractivity contribution in [2.75, 3.05) is 0 Å². The fourth-order valence-corrected chi connectivity index (χ4v) is 10.2. The Kier molecular flexibility index (Phi) is 9.06. The van der Waals surface area contributed by atoms with E-state index >= 15 is 0 Å². The molecule has 8 atom stereocenters. The first-order chi connectivity index (χ1) is 24.8. The first-order valence-corrected chi connectivity index (χ1v) is 19.6. The Morgan fingerprint density at radius 3 is 2.46 bits per heavy atom. The molecule has 2 nitrogen and oxygen atoms in total. The van der Waals surface area contributed by atoms with Crippen LogP contribution < -0.4 is 10.6 Å². The molecular weight excluding hydrogens is 605 g/mol. The molecule has 0 aromatic heterocycles. The Bertz CT molecular complexity index is 1850. The van der Waals surface area contributed by atoms with Gasteiger partial charge in [0.15, 0.2) is 0 Å². The number of allylic oxidation sites excluding steroid dienone is 25. The van der Waals surface area contributed by atoms with Gasteiger partial charge in [-0.25, -0.2) is 0 Å². The molecule has 9 rings (SSSR count). The number of rotatable bonds is 7. The van der Waals surface area contributed by atoms with Gasteiger partial charge in [0.05, 0.1) is 0 Å². The molecule has 0 heterocycles. The van der Waals surface area contributed by atoms with Gasteiger partial charge in [0, 0.05) is 47.1 Å². The van der Waals surface area contributed by atoms with Crippen LogP contribution in [-0.2, 0) is 0 Å². The smallest absolute Gasteiger partial charge is 0.0379 e. The van der Waals surface area contributed by atoms with Gasteiger partial charge >= 0.3 is 0 Å². The summed E-state index contributed by atoms with van der Waals surface area (Å²) in [5, 5.41) is 8.12. The summed E-state index contributed by atoms with van der Waals surface area (Å²) < 4.78 is 0. The van der Waals surface area contributed by atoms with E-state index in [1.807, 2.05) is 0 Å². The Labute approximate surface area is 300 Å². The molecule has 254 valence electrons. The van der Waals surface area contributed by atoms with Gasteiger partial charge in [-0.1, -0.05) is 122 Å². The lowest BCUT2D eigenvalue weighted by atomic mass is 9.58. The van der Waals surface area contributed by atoms with Crippen molar-refractivity contribution in [2.24, 2.45) is 35.5 Å². The van der Waals surface area contributed by atoms with Crippen LogP contribution in [0.4, 0.5) is 0 Å². The monoisotopic (exact) mass is 656 g/mol. The highest BCUT2D eigenvalue weighted by Gasteiger charge is 2.44. The van der Waals surface area contributed by atoms with Crippen molar-refractivity contribution in [3.05, 3.63) is 179 Å². The molecule has 0 saturated heterocycles. The molecular formula is C48H52N2. The van der Waals surface area contributed by atoms with Gasteiger partial charge in [-0.3, -0.25) is 0 Å². The molecule has 0 aromatic carbocycles. The van der Waals surface area contributed by atoms with Crippen LogP contribution in [0.25, 0.3) is 0 Å². The van der Waals surface area contributed by atoms with Crippen molar-refractivity contribution in [2.45, 2.75) is 76.3 Å². The maximum atomic E-state index is 4.10. The molecule has 0 radical (unpaired) electrons. The molecule has 9 aliphatic carbocycles. The zero-order chi connectivity index (χ0) is 33.3. The second kappa shape index (κ2) is 14.2. The normalized spacial score (nSPS) is 35.3. The molecule has 2 N–H and O–H groups in total. The molecule has 0 aliphatic heterocycles. The summed E-state index contributed by atoms with van der Waals surface area (Å²) in [4.78, 5) is 0. The summed E-state index contributed by atoms with van der Waals surface area (Å²) in [5.41, 5.74) is 11.9. The van der Waals surface area contributed by atoms with Crippen LogP contribution in [0.2, 0.25) is 0 Å². The molecule has 0 fully saturated rings. The van der Waals surface area contributed by atoms with E-state index in [1.54, 1.807) is 22.3 Å². The van der Waals surface area contributed by atoms with E-state index < -0.39 is 0 Å². The van der Waals surface area contributed by atoms with Crippen molar-refractivity contribution < 1.29 is 0 Å². The standard InChI is InChI=1S/C48H52N2/c1-2-13-33(14-3-1)34-25-28-38(29-26-34)49-46-23-10-8-20-41(46)36-17-12-18-39(31-36)50-47-24-11-9-22-43(47)45-32-37-16-5-6-19-40(37)44-30-27-35-15-4-7-21-42(35)48(44)45/h1-2,5-6,8,10-13,15-16,18-21,23-25,27,30-32,36,38,40-41,44-46,48-50H,3-4,7,9,14,17,22,26,28-29H2. The lowest BCUT2D eigenvalue weighted by Crippen LogP contribution is -2.44. The minimum atomic E-state index is 0.358. The van der Waals surface area contributed by atoms with Crippen molar-refractivity contribution in [3.8, 4) is 0 Å². The Balaban J connectivity index is 0.956. The van der Waals surface area contributed by atoms with Gasteiger partial charge in [0.25, 0.3) is 0 Å². The third-order valence-electron chi connectivity index (χ3n) is 12.7. The highest BCUT2D eigenvalue weighted by Crippen LogP contribution is 2.53. The van der Waals surface area contributed by atoms with Crippen molar-refractivity contribution in [1.29, 1.82) is 0 Å². The van der Waals surface area contributed by atoms with Crippen LogP contribution >= 0.6 is 0 Å². The average Bonchev–Trinajstić information content (AvgIpc) is 3.18. The Morgan fingerprint density at radius 1 is 0.620 bits per heavy atom. The topological polar surface area (TPSA) is 24.1 Å². The summed E-state index contributed by atoms with van der Waals surface area (Å²) >= 11 is 0. The molecule has 50 heavy (non-hydrogen) atoms. The second-order valence-electron chi connectivity index (χ2n) is 15.6. The first kappa shape index (κ1) is 31.8. The number of hydrogen-bond acceptors (Lipinski definition) is 2. The van der Waals surface area contributed by atoms with E-state index in [0.717, 1.165) is 38.5 Å². The summed E-state index contributed by atoms with van der Waals surface area (Å²) in [7, 11) is 0. The zero-order valence-corrected chi connectivity index (χ0v) is 29.4. The Morgan fingerprint density at radius 2 is 1.54 bits per heavy atom. The maximum Gasteiger partial charge on any atom is 0.0379 e. The van der Waals surface area contributed by atoms with E-state index in [1.165, 1.54) is 48.2 Å². The predicted molar refractivity (Wildman–Crippen MR) is 210 cm³/mol. The van der Waals surface area contributed by atoms with Gasteiger partial charge < -0.3 is 10.6 Å². The molecule has 0 spiro atoms. The fourth-order valence-electron chi connectivity index (χ4n) is 10.2. The predicted octanol–water partition coefficient (Wildman–Crippen LogP) is 10.8. The molecule has 0 bridgehead atoms.